The van der Waals surface area contributed by atoms with Gasteiger partial charge in [0.2, 0.25) is 11.2 Å². The summed E-state index contributed by atoms with van der Waals surface area (Å²) in [6, 6.07) is 1.21. The van der Waals surface area contributed by atoms with Crippen LogP contribution < -0.4 is 10.2 Å². The lowest BCUT2D eigenvalue weighted by molar-refractivity contribution is -0.130. The topological polar surface area (TPSA) is 56.5 Å². The van der Waals surface area contributed by atoms with Crippen LogP contribution in [-0.2, 0) is 4.79 Å². The first-order chi connectivity index (χ1) is 7.06. The van der Waals surface area contributed by atoms with Crippen LogP contribution in [0.25, 0.3) is 0 Å². The molecule has 1 aromatic rings. The first-order valence-electron chi connectivity index (χ1n) is 4.49. The zero-order valence-corrected chi connectivity index (χ0v) is 8.87. The van der Waals surface area contributed by atoms with Gasteiger partial charge in [0.05, 0.1) is 6.26 Å². The van der Waals surface area contributed by atoms with Crippen LogP contribution in [0.15, 0.2) is 33.2 Å². The molecule has 0 aliphatic heterocycles. The van der Waals surface area contributed by atoms with Crippen molar-refractivity contribution < 1.29 is 13.9 Å². The lowest BCUT2D eigenvalue weighted by Gasteiger charge is -2.04. The molecule has 0 atom stereocenters. The zero-order valence-electron chi connectivity index (χ0n) is 8.87. The Morgan fingerprint density at radius 2 is 2.20 bits per heavy atom. The number of aryl methyl sites for hydroxylation is 1. The van der Waals surface area contributed by atoms with Gasteiger partial charge in [0.15, 0.2) is 0 Å². The fourth-order valence-corrected chi connectivity index (χ4v) is 0.914. The first kappa shape index (κ1) is 11.2. The van der Waals surface area contributed by atoms with E-state index in [1.807, 2.05) is 0 Å². The van der Waals surface area contributed by atoms with E-state index in [1.165, 1.54) is 12.3 Å². The maximum Gasteiger partial charge on any atom is 0.339 e. The SMILES string of the molecule is C/C=C(/C)C(=O)Oc1c(C)occc1=O. The molecule has 1 aromatic heterocycles. The molecule has 0 N–H and O–H groups in total. The number of carbonyl (C=O) groups is 1. The average molecular weight is 208 g/mol. The quantitative estimate of drug-likeness (QED) is 0.549. The van der Waals surface area contributed by atoms with Crippen LogP contribution in [0.3, 0.4) is 0 Å². The molecule has 4 heteroatoms. The molecule has 0 spiro atoms. The molecule has 4 nitrogen and oxygen atoms in total. The molecule has 0 bridgehead atoms. The molecular weight excluding hydrogens is 196 g/mol. The molecule has 0 aliphatic carbocycles. The van der Waals surface area contributed by atoms with Gasteiger partial charge in [-0.05, 0) is 20.8 Å². The van der Waals surface area contributed by atoms with Gasteiger partial charge >= 0.3 is 5.97 Å². The lowest BCUT2D eigenvalue weighted by atomic mass is 10.3. The van der Waals surface area contributed by atoms with Crippen LogP contribution in [-0.4, -0.2) is 5.97 Å². The summed E-state index contributed by atoms with van der Waals surface area (Å²) in [7, 11) is 0. The molecule has 0 unspecified atom stereocenters. The van der Waals surface area contributed by atoms with Gasteiger partial charge in [0.1, 0.15) is 5.76 Å². The zero-order chi connectivity index (χ0) is 11.4. The van der Waals surface area contributed by atoms with Crippen LogP contribution in [0.4, 0.5) is 0 Å². The Morgan fingerprint density at radius 3 is 2.73 bits per heavy atom. The summed E-state index contributed by atoms with van der Waals surface area (Å²) in [4.78, 5) is 22.7. The second-order valence-electron chi connectivity index (χ2n) is 3.03. The minimum Gasteiger partial charge on any atom is -0.465 e. The standard InChI is InChI=1S/C11H12O4/c1-4-7(2)11(13)15-10-8(3)14-6-5-9(10)12/h4-6H,1-3H3/b7-4-. The number of allylic oxidation sites excluding steroid dienone is 1. The number of rotatable bonds is 2. The monoisotopic (exact) mass is 208 g/mol. The van der Waals surface area contributed by atoms with Crippen molar-refractivity contribution in [3.63, 3.8) is 0 Å². The predicted molar refractivity (Wildman–Crippen MR) is 54.8 cm³/mol. The Bertz CT molecular complexity index is 454. The first-order valence-corrected chi connectivity index (χ1v) is 4.49. The molecule has 0 saturated heterocycles. The van der Waals surface area contributed by atoms with E-state index < -0.39 is 5.97 Å². The highest BCUT2D eigenvalue weighted by molar-refractivity contribution is 5.89. The van der Waals surface area contributed by atoms with E-state index in [4.69, 9.17) is 9.15 Å². The van der Waals surface area contributed by atoms with Crippen molar-refractivity contribution in [2.75, 3.05) is 0 Å². The lowest BCUT2D eigenvalue weighted by Crippen LogP contribution is -2.15. The molecule has 0 aliphatic rings. The van der Waals surface area contributed by atoms with Gasteiger partial charge in [-0.2, -0.15) is 0 Å². The van der Waals surface area contributed by atoms with E-state index in [0.29, 0.717) is 11.3 Å². The van der Waals surface area contributed by atoms with Gasteiger partial charge in [-0.25, -0.2) is 4.79 Å². The number of hydrogen-bond acceptors (Lipinski definition) is 4. The normalized spacial score (nSPS) is 11.3. The fourth-order valence-electron chi connectivity index (χ4n) is 0.914. The summed E-state index contributed by atoms with van der Waals surface area (Å²) >= 11 is 0. The van der Waals surface area contributed by atoms with E-state index in [1.54, 1.807) is 26.8 Å². The minimum absolute atomic E-state index is 0.0521. The molecule has 0 saturated carbocycles. The molecular formula is C11H12O4. The Hall–Kier alpha value is -1.84. The summed E-state index contributed by atoms with van der Waals surface area (Å²) in [5.74, 6) is -0.303. The third-order valence-electron chi connectivity index (χ3n) is 1.96. The summed E-state index contributed by atoms with van der Waals surface area (Å²) in [6.45, 7) is 4.90. The number of esters is 1. The van der Waals surface area contributed by atoms with Gasteiger partial charge in [-0.15, -0.1) is 0 Å². The van der Waals surface area contributed by atoms with E-state index in [9.17, 15) is 9.59 Å². The Morgan fingerprint density at radius 1 is 1.53 bits per heavy atom. The summed E-state index contributed by atoms with van der Waals surface area (Å²) in [5, 5.41) is 0. The Labute approximate surface area is 87.2 Å². The molecule has 0 fully saturated rings. The largest absolute Gasteiger partial charge is 0.465 e. The third-order valence-corrected chi connectivity index (χ3v) is 1.96. The fraction of sp³-hybridized carbons (Fsp3) is 0.273. The molecule has 1 rings (SSSR count). The van der Waals surface area contributed by atoms with Crippen molar-refractivity contribution in [2.45, 2.75) is 20.8 Å². The molecule has 0 amide bonds. The number of ether oxygens (including phenoxy) is 1. The van der Waals surface area contributed by atoms with E-state index in [2.05, 4.69) is 0 Å². The van der Waals surface area contributed by atoms with Gasteiger partial charge in [0.25, 0.3) is 0 Å². The molecule has 80 valence electrons. The van der Waals surface area contributed by atoms with E-state index >= 15 is 0 Å². The van der Waals surface area contributed by atoms with Crippen LogP contribution in [0.5, 0.6) is 5.75 Å². The average Bonchev–Trinajstić information content (AvgIpc) is 2.22. The van der Waals surface area contributed by atoms with Crippen molar-refractivity contribution in [1.29, 1.82) is 0 Å². The summed E-state index contributed by atoms with van der Waals surface area (Å²) in [5.41, 5.74) is 0.0775. The Kier molecular flexibility index (Phi) is 3.44. The third kappa shape index (κ3) is 2.56. The van der Waals surface area contributed by atoms with Crippen molar-refractivity contribution in [2.24, 2.45) is 0 Å². The van der Waals surface area contributed by atoms with Crippen LogP contribution >= 0.6 is 0 Å². The molecule has 0 aromatic carbocycles. The van der Waals surface area contributed by atoms with E-state index in [-0.39, 0.29) is 11.2 Å². The van der Waals surface area contributed by atoms with Crippen LogP contribution in [0, 0.1) is 6.92 Å². The maximum absolute atomic E-state index is 11.4. The smallest absolute Gasteiger partial charge is 0.339 e. The van der Waals surface area contributed by atoms with Crippen LogP contribution in [0.1, 0.15) is 19.6 Å². The minimum atomic E-state index is -0.542. The van der Waals surface area contributed by atoms with Gasteiger partial charge in [-0.3, -0.25) is 4.79 Å². The molecule has 15 heavy (non-hydrogen) atoms. The summed E-state index contributed by atoms with van der Waals surface area (Å²) in [6.07, 6.45) is 2.87. The van der Waals surface area contributed by atoms with Crippen molar-refractivity contribution >= 4 is 5.97 Å². The Balaban J connectivity index is 3.00. The van der Waals surface area contributed by atoms with Crippen molar-refractivity contribution in [1.82, 2.24) is 0 Å². The predicted octanol–water partition coefficient (Wildman–Crippen LogP) is 1.82. The second kappa shape index (κ2) is 4.59. The highest BCUT2D eigenvalue weighted by atomic mass is 16.5. The van der Waals surface area contributed by atoms with E-state index in [0.717, 1.165) is 0 Å². The van der Waals surface area contributed by atoms with Gasteiger partial charge in [-0.1, -0.05) is 6.08 Å². The number of carbonyl (C=O) groups excluding carboxylic acids is 1. The van der Waals surface area contributed by atoms with Crippen molar-refractivity contribution in [3.8, 4) is 5.75 Å². The van der Waals surface area contributed by atoms with Crippen LogP contribution in [0.2, 0.25) is 0 Å². The van der Waals surface area contributed by atoms with Crippen molar-refractivity contribution in [3.05, 3.63) is 40.0 Å². The van der Waals surface area contributed by atoms with Gasteiger partial charge in [0, 0.05) is 11.6 Å². The highest BCUT2D eigenvalue weighted by Gasteiger charge is 2.12. The number of hydrogen-bond donors (Lipinski definition) is 0. The van der Waals surface area contributed by atoms with Gasteiger partial charge < -0.3 is 9.15 Å². The highest BCUT2D eigenvalue weighted by Crippen LogP contribution is 2.12. The summed E-state index contributed by atoms with van der Waals surface area (Å²) < 4.78 is 9.87. The molecule has 0 radical (unpaired) electrons. The molecule has 1 heterocycles. The second-order valence-corrected chi connectivity index (χ2v) is 3.03. The maximum atomic E-state index is 11.4.